The second-order valence-electron chi connectivity index (χ2n) is 1.86. The predicted octanol–water partition coefficient (Wildman–Crippen LogP) is 0.0268. The van der Waals surface area contributed by atoms with Gasteiger partial charge in [0.25, 0.3) is 0 Å². The maximum absolute atomic E-state index is 7.58. The standard InChI is InChI=1S/C6H8N4/c7-5-4-1-2-8-6(4)10-3-9-5/h3H,1-2H2,(H3,7,8,9,10)/i1D2,2D2. The number of nitrogens with zero attached hydrogens (tertiary/aromatic N) is 2. The molecule has 52 valence electrons. The summed E-state index contributed by atoms with van der Waals surface area (Å²) in [6, 6.07) is 0. The number of hydrogen-bond donors (Lipinski definition) is 2. The van der Waals surface area contributed by atoms with Crippen molar-refractivity contribution in [2.75, 3.05) is 17.5 Å². The molecule has 1 aromatic rings. The molecule has 1 aliphatic rings. The minimum absolute atomic E-state index is 0.00926. The fourth-order valence-electron chi connectivity index (χ4n) is 0.770. The van der Waals surface area contributed by atoms with E-state index in [1.54, 1.807) is 0 Å². The Morgan fingerprint density at radius 2 is 2.60 bits per heavy atom. The Labute approximate surface area is 64.1 Å². The quantitative estimate of drug-likeness (QED) is 0.533. The molecule has 4 nitrogen and oxygen atoms in total. The maximum atomic E-state index is 7.58. The SMILES string of the molecule is [2H]C1([2H])Nc2ncnc(N)c2C1([2H])[2H]. The van der Waals surface area contributed by atoms with E-state index in [0.717, 1.165) is 0 Å². The molecule has 4 heteroatoms. The number of aromatic nitrogens is 2. The molecule has 10 heavy (non-hydrogen) atoms. The smallest absolute Gasteiger partial charge is 0.134 e. The summed E-state index contributed by atoms with van der Waals surface area (Å²) in [6.45, 7) is -2.21. The predicted molar refractivity (Wildman–Crippen MR) is 38.6 cm³/mol. The van der Waals surface area contributed by atoms with Crippen molar-refractivity contribution in [2.24, 2.45) is 0 Å². The first-order valence-electron chi connectivity index (χ1n) is 4.75. The van der Waals surface area contributed by atoms with E-state index in [1.807, 2.05) is 0 Å². The Bertz CT molecular complexity index is 391. The highest BCUT2D eigenvalue weighted by Gasteiger charge is 2.13. The van der Waals surface area contributed by atoms with Crippen LogP contribution in [0.25, 0.3) is 0 Å². The highest BCUT2D eigenvalue weighted by atomic mass is 15.1. The second kappa shape index (κ2) is 1.83. The van der Waals surface area contributed by atoms with Crippen LogP contribution < -0.4 is 11.1 Å². The van der Waals surface area contributed by atoms with E-state index >= 15 is 0 Å². The molecular weight excluding hydrogens is 128 g/mol. The van der Waals surface area contributed by atoms with E-state index in [0.29, 0.717) is 0 Å². The zero-order valence-electron chi connectivity index (χ0n) is 9.05. The lowest BCUT2D eigenvalue weighted by molar-refractivity contribution is 1.09. The van der Waals surface area contributed by atoms with Gasteiger partial charge in [0.15, 0.2) is 0 Å². The highest BCUT2D eigenvalue weighted by molar-refractivity contribution is 5.58. The van der Waals surface area contributed by atoms with Crippen LogP contribution in [-0.2, 0) is 6.37 Å². The second-order valence-corrected chi connectivity index (χ2v) is 1.86. The first kappa shape index (κ1) is 2.74. The van der Waals surface area contributed by atoms with Gasteiger partial charge >= 0.3 is 0 Å². The summed E-state index contributed by atoms with van der Waals surface area (Å²) in [4.78, 5) is 7.36. The van der Waals surface area contributed by atoms with Crippen molar-refractivity contribution in [3.05, 3.63) is 11.9 Å². The summed E-state index contributed by atoms with van der Waals surface area (Å²) >= 11 is 0. The van der Waals surface area contributed by atoms with Crippen LogP contribution in [0, 0.1) is 0 Å². The van der Waals surface area contributed by atoms with E-state index in [4.69, 9.17) is 11.2 Å². The Morgan fingerprint density at radius 1 is 1.70 bits per heavy atom. The monoisotopic (exact) mass is 140 g/mol. The molecule has 3 N–H and O–H groups in total. The van der Waals surface area contributed by atoms with Gasteiger partial charge in [0, 0.05) is 17.5 Å². The van der Waals surface area contributed by atoms with Gasteiger partial charge in [-0.1, -0.05) is 0 Å². The third-order valence-corrected chi connectivity index (χ3v) is 1.25. The van der Waals surface area contributed by atoms with Crippen molar-refractivity contribution in [1.82, 2.24) is 9.97 Å². The number of hydrogen-bond acceptors (Lipinski definition) is 4. The Balaban J connectivity index is 2.68. The lowest BCUT2D eigenvalue weighted by Crippen LogP contribution is -1.96. The fourth-order valence-corrected chi connectivity index (χ4v) is 0.770. The van der Waals surface area contributed by atoms with Crippen LogP contribution in [0.15, 0.2) is 6.33 Å². The molecule has 1 aliphatic heterocycles. The topological polar surface area (TPSA) is 63.8 Å². The van der Waals surface area contributed by atoms with Crippen LogP contribution in [0.2, 0.25) is 0 Å². The average molecular weight is 140 g/mol. The van der Waals surface area contributed by atoms with Crippen molar-refractivity contribution < 1.29 is 5.48 Å². The first-order chi connectivity index (χ1) is 6.36. The summed E-state index contributed by atoms with van der Waals surface area (Å²) in [5.41, 5.74) is 5.46. The highest BCUT2D eigenvalue weighted by Crippen LogP contribution is 2.21. The van der Waals surface area contributed by atoms with Gasteiger partial charge in [-0.3, -0.25) is 0 Å². The van der Waals surface area contributed by atoms with Gasteiger partial charge < -0.3 is 11.1 Å². The van der Waals surface area contributed by atoms with Crippen LogP contribution in [0.1, 0.15) is 11.0 Å². The molecule has 2 rings (SSSR count). The summed E-state index contributed by atoms with van der Waals surface area (Å²) in [6.07, 6.45) is -1.05. The number of nitrogen functional groups attached to an aromatic ring is 1. The Morgan fingerprint density at radius 3 is 3.40 bits per heavy atom. The van der Waals surface area contributed by atoms with E-state index in [1.165, 1.54) is 6.33 Å². The van der Waals surface area contributed by atoms with Crippen molar-refractivity contribution in [3.8, 4) is 0 Å². The Kier molecular flexibility index (Phi) is 0.501. The summed E-state index contributed by atoms with van der Waals surface area (Å²) in [7, 11) is 0. The van der Waals surface area contributed by atoms with Crippen molar-refractivity contribution in [3.63, 3.8) is 0 Å². The number of rotatable bonds is 0. The molecule has 1 aromatic heterocycles. The summed E-state index contributed by atoms with van der Waals surface area (Å²) in [5.74, 6) is 0.0846. The zero-order valence-corrected chi connectivity index (χ0v) is 5.05. The minimum atomic E-state index is -2.21. The van der Waals surface area contributed by atoms with Crippen molar-refractivity contribution >= 4 is 11.6 Å². The minimum Gasteiger partial charge on any atom is -0.383 e. The van der Waals surface area contributed by atoms with Gasteiger partial charge in [-0.05, 0) is 6.37 Å². The van der Waals surface area contributed by atoms with Crippen molar-refractivity contribution in [1.29, 1.82) is 0 Å². The van der Waals surface area contributed by atoms with Crippen LogP contribution in [-0.4, -0.2) is 16.5 Å². The summed E-state index contributed by atoms with van der Waals surface area (Å²) in [5, 5.41) is 2.33. The third-order valence-electron chi connectivity index (χ3n) is 1.25. The largest absolute Gasteiger partial charge is 0.383 e. The van der Waals surface area contributed by atoms with E-state index < -0.39 is 12.9 Å². The van der Waals surface area contributed by atoms with Gasteiger partial charge in [0.05, 0.1) is 0 Å². The summed E-state index contributed by atoms with van der Waals surface area (Å²) < 4.78 is 30.0. The number of nitrogens with two attached hydrogens (primary N) is 1. The molecule has 0 aromatic carbocycles. The number of anilines is 2. The lowest BCUT2D eigenvalue weighted by Gasteiger charge is -1.97. The van der Waals surface area contributed by atoms with Gasteiger partial charge in [0.1, 0.15) is 18.0 Å². The maximum Gasteiger partial charge on any atom is 0.134 e. The van der Waals surface area contributed by atoms with Gasteiger partial charge in [0.2, 0.25) is 0 Å². The lowest BCUT2D eigenvalue weighted by atomic mass is 10.2. The normalized spacial score (nSPS) is 30.4. The number of fused-ring (bicyclic) bond motifs is 1. The van der Waals surface area contributed by atoms with Gasteiger partial charge in [-0.2, -0.15) is 0 Å². The number of nitrogens with one attached hydrogen (secondary N) is 1. The average Bonchev–Trinajstić information content (AvgIpc) is 2.19. The molecule has 0 radical (unpaired) electrons. The van der Waals surface area contributed by atoms with Gasteiger partial charge in [-0.25, -0.2) is 9.97 Å². The van der Waals surface area contributed by atoms with Crippen LogP contribution in [0.5, 0.6) is 0 Å². The molecule has 0 amide bonds. The van der Waals surface area contributed by atoms with E-state index in [-0.39, 0.29) is 17.2 Å². The molecule has 0 atom stereocenters. The van der Waals surface area contributed by atoms with E-state index in [2.05, 4.69) is 15.3 Å². The van der Waals surface area contributed by atoms with Crippen LogP contribution in [0.4, 0.5) is 11.6 Å². The molecule has 2 heterocycles. The fraction of sp³-hybridized carbons (Fsp3) is 0.333. The van der Waals surface area contributed by atoms with Crippen LogP contribution in [0.3, 0.4) is 0 Å². The molecule has 0 saturated heterocycles. The molecule has 0 spiro atoms. The molecule has 0 unspecified atom stereocenters. The van der Waals surface area contributed by atoms with Crippen molar-refractivity contribution in [2.45, 2.75) is 6.37 Å². The first-order valence-corrected chi connectivity index (χ1v) is 2.75. The molecule has 0 aliphatic carbocycles. The van der Waals surface area contributed by atoms with Gasteiger partial charge in [-0.15, -0.1) is 0 Å². The molecule has 0 fully saturated rings. The zero-order chi connectivity index (χ0) is 10.6. The third kappa shape index (κ3) is 0.618. The molecular formula is C6H8N4. The Hall–Kier alpha value is -1.32. The molecule has 0 saturated carbocycles. The van der Waals surface area contributed by atoms with E-state index in [9.17, 15) is 0 Å². The molecule has 0 bridgehead atoms. The van der Waals surface area contributed by atoms with Crippen LogP contribution >= 0.6 is 0 Å².